The van der Waals surface area contributed by atoms with Crippen LogP contribution in [0.3, 0.4) is 0 Å². The first-order valence-corrected chi connectivity index (χ1v) is 9.51. The number of benzene rings is 1. The molecule has 0 amide bonds. The lowest BCUT2D eigenvalue weighted by atomic mass is 10.3. The van der Waals surface area contributed by atoms with Crippen molar-refractivity contribution in [1.29, 1.82) is 0 Å². The number of nitrogens with zero attached hydrogens (tertiary/aromatic N) is 1. The molecule has 1 aromatic carbocycles. The second kappa shape index (κ2) is 12.3. The fourth-order valence-electron chi connectivity index (χ4n) is 1.81. The van der Waals surface area contributed by atoms with Crippen molar-refractivity contribution < 1.29 is 17.5 Å². The van der Waals surface area contributed by atoms with E-state index in [-0.39, 0.29) is 35.8 Å². The minimum atomic E-state index is -3.16. The van der Waals surface area contributed by atoms with Crippen LogP contribution in [0, 0.1) is 5.82 Å². The molecular formula is C15H26FIN4O3S. The van der Waals surface area contributed by atoms with Gasteiger partial charge in [-0.2, -0.15) is 0 Å². The molecule has 7 nitrogen and oxygen atoms in total. The van der Waals surface area contributed by atoms with E-state index in [9.17, 15) is 12.8 Å². The summed E-state index contributed by atoms with van der Waals surface area (Å²) in [5, 5.41) is 6.13. The largest absolute Gasteiger partial charge is 0.486 e. The molecule has 0 saturated carbocycles. The Bertz CT molecular complexity index is 643. The van der Waals surface area contributed by atoms with Gasteiger partial charge in [-0.3, -0.25) is 4.99 Å². The van der Waals surface area contributed by atoms with Gasteiger partial charge in [-0.15, -0.1) is 24.0 Å². The summed E-state index contributed by atoms with van der Waals surface area (Å²) in [6.07, 6.45) is 1.49. The molecule has 0 aliphatic heterocycles. The van der Waals surface area contributed by atoms with Crippen molar-refractivity contribution >= 4 is 40.0 Å². The van der Waals surface area contributed by atoms with E-state index in [2.05, 4.69) is 20.3 Å². The first kappa shape index (κ1) is 23.9. The summed E-state index contributed by atoms with van der Waals surface area (Å²) < 4.78 is 43.3. The average Bonchev–Trinajstić information content (AvgIpc) is 2.51. The van der Waals surface area contributed by atoms with Gasteiger partial charge in [0.1, 0.15) is 6.10 Å². The van der Waals surface area contributed by atoms with E-state index in [4.69, 9.17) is 4.74 Å². The maximum Gasteiger partial charge on any atom is 0.208 e. The highest BCUT2D eigenvalue weighted by molar-refractivity contribution is 14.0. The summed E-state index contributed by atoms with van der Waals surface area (Å²) in [6, 6.07) is 6.24. The first-order valence-electron chi connectivity index (χ1n) is 7.62. The molecule has 1 atom stereocenters. The van der Waals surface area contributed by atoms with Crippen molar-refractivity contribution in [1.82, 2.24) is 15.4 Å². The number of rotatable bonds is 9. The molecule has 0 aliphatic carbocycles. The standard InChI is InChI=1S/C15H25FN4O3S.HI/c1-12(23-14-8-5-4-7-13(14)16)11-19-15(17-2)18-9-6-10-20-24(3,21)22;/h4-5,7-8,12,20H,6,9-11H2,1-3H3,(H2,17,18,19);1H. The van der Waals surface area contributed by atoms with E-state index in [1.807, 2.05) is 6.92 Å². The Labute approximate surface area is 165 Å². The van der Waals surface area contributed by atoms with Gasteiger partial charge < -0.3 is 15.4 Å². The molecule has 1 unspecified atom stereocenters. The number of nitrogens with one attached hydrogen (secondary N) is 3. The minimum absolute atomic E-state index is 0. The van der Waals surface area contributed by atoms with Gasteiger partial charge in [0.2, 0.25) is 10.0 Å². The zero-order valence-corrected chi connectivity index (χ0v) is 17.7. The number of sulfonamides is 1. The molecule has 0 aromatic heterocycles. The SMILES string of the molecule is CN=C(NCCCNS(C)(=O)=O)NCC(C)Oc1ccccc1F.I. The van der Waals surface area contributed by atoms with Gasteiger partial charge in [0, 0.05) is 20.1 Å². The molecule has 0 spiro atoms. The summed E-state index contributed by atoms with van der Waals surface area (Å²) >= 11 is 0. The van der Waals surface area contributed by atoms with E-state index in [1.54, 1.807) is 25.2 Å². The Kier molecular flexibility index (Phi) is 11.7. The van der Waals surface area contributed by atoms with Gasteiger partial charge in [-0.05, 0) is 25.5 Å². The van der Waals surface area contributed by atoms with Crippen LogP contribution in [-0.2, 0) is 10.0 Å². The summed E-state index contributed by atoms with van der Waals surface area (Å²) in [7, 11) is -1.52. The summed E-state index contributed by atoms with van der Waals surface area (Å²) in [5.41, 5.74) is 0. The van der Waals surface area contributed by atoms with Gasteiger partial charge in [0.25, 0.3) is 0 Å². The number of aliphatic imine (C=N–C) groups is 1. The Morgan fingerprint density at radius 1 is 1.28 bits per heavy atom. The first-order chi connectivity index (χ1) is 11.3. The van der Waals surface area contributed by atoms with Crippen LogP contribution in [0.2, 0.25) is 0 Å². The van der Waals surface area contributed by atoms with Gasteiger partial charge in [0.15, 0.2) is 17.5 Å². The summed E-state index contributed by atoms with van der Waals surface area (Å²) in [5.74, 6) is 0.380. The molecule has 3 N–H and O–H groups in total. The molecule has 0 heterocycles. The van der Waals surface area contributed by atoms with Crippen molar-refractivity contribution in [3.63, 3.8) is 0 Å². The highest BCUT2D eigenvalue weighted by Crippen LogP contribution is 2.16. The second-order valence-electron chi connectivity index (χ2n) is 5.26. The number of ether oxygens (including phenoxy) is 1. The van der Waals surface area contributed by atoms with Crippen LogP contribution >= 0.6 is 24.0 Å². The van der Waals surface area contributed by atoms with Crippen LogP contribution < -0.4 is 20.1 Å². The predicted octanol–water partition coefficient (Wildman–Crippen LogP) is 1.32. The molecule has 25 heavy (non-hydrogen) atoms. The average molecular weight is 488 g/mol. The fraction of sp³-hybridized carbons (Fsp3) is 0.533. The van der Waals surface area contributed by atoms with Crippen molar-refractivity contribution in [3.8, 4) is 5.75 Å². The third kappa shape index (κ3) is 11.2. The maximum absolute atomic E-state index is 13.5. The Morgan fingerprint density at radius 2 is 1.96 bits per heavy atom. The molecule has 0 radical (unpaired) electrons. The fourth-order valence-corrected chi connectivity index (χ4v) is 2.33. The Hall–Kier alpha value is -1.14. The van der Waals surface area contributed by atoms with Crippen LogP contribution in [0.15, 0.2) is 29.3 Å². The van der Waals surface area contributed by atoms with Gasteiger partial charge in [-0.1, -0.05) is 12.1 Å². The predicted molar refractivity (Wildman–Crippen MR) is 109 cm³/mol. The van der Waals surface area contributed by atoms with Crippen molar-refractivity contribution in [2.45, 2.75) is 19.4 Å². The molecule has 10 heteroatoms. The number of para-hydroxylation sites is 1. The maximum atomic E-state index is 13.5. The van der Waals surface area contributed by atoms with Crippen LogP contribution in [-0.4, -0.2) is 53.4 Å². The number of hydrogen-bond acceptors (Lipinski definition) is 4. The van der Waals surface area contributed by atoms with Crippen molar-refractivity contribution in [2.24, 2.45) is 4.99 Å². The molecular weight excluding hydrogens is 462 g/mol. The summed E-state index contributed by atoms with van der Waals surface area (Å²) in [4.78, 5) is 4.06. The van der Waals surface area contributed by atoms with Crippen molar-refractivity contribution in [2.75, 3.05) is 32.9 Å². The quantitative estimate of drug-likeness (QED) is 0.211. The number of hydrogen-bond donors (Lipinski definition) is 3. The molecule has 1 rings (SSSR count). The monoisotopic (exact) mass is 488 g/mol. The zero-order chi connectivity index (χ0) is 18.0. The number of halogens is 2. The number of guanidine groups is 1. The van der Waals surface area contributed by atoms with E-state index < -0.39 is 15.8 Å². The van der Waals surface area contributed by atoms with Gasteiger partial charge >= 0.3 is 0 Å². The summed E-state index contributed by atoms with van der Waals surface area (Å²) in [6.45, 7) is 3.18. The smallest absolute Gasteiger partial charge is 0.208 e. The Morgan fingerprint density at radius 3 is 2.56 bits per heavy atom. The molecule has 0 aliphatic rings. The minimum Gasteiger partial charge on any atom is -0.486 e. The highest BCUT2D eigenvalue weighted by Gasteiger charge is 2.08. The molecule has 144 valence electrons. The highest BCUT2D eigenvalue weighted by atomic mass is 127. The van der Waals surface area contributed by atoms with Gasteiger partial charge in [-0.25, -0.2) is 17.5 Å². The van der Waals surface area contributed by atoms with E-state index >= 15 is 0 Å². The van der Waals surface area contributed by atoms with Crippen LogP contribution in [0.4, 0.5) is 4.39 Å². The van der Waals surface area contributed by atoms with Crippen LogP contribution in [0.25, 0.3) is 0 Å². The Balaban J connectivity index is 0.00000576. The normalized spacial score (nSPS) is 12.9. The van der Waals surface area contributed by atoms with E-state index in [0.29, 0.717) is 32.0 Å². The lowest BCUT2D eigenvalue weighted by Crippen LogP contribution is -2.42. The lowest BCUT2D eigenvalue weighted by Gasteiger charge is -2.18. The van der Waals surface area contributed by atoms with Crippen LogP contribution in [0.5, 0.6) is 5.75 Å². The second-order valence-corrected chi connectivity index (χ2v) is 7.09. The van der Waals surface area contributed by atoms with Gasteiger partial charge in [0.05, 0.1) is 12.8 Å². The van der Waals surface area contributed by atoms with Crippen LogP contribution in [0.1, 0.15) is 13.3 Å². The molecule has 0 bridgehead atoms. The third-order valence-corrected chi connectivity index (χ3v) is 3.68. The molecule has 0 fully saturated rings. The zero-order valence-electron chi connectivity index (χ0n) is 14.6. The van der Waals surface area contributed by atoms with Crippen molar-refractivity contribution in [3.05, 3.63) is 30.1 Å². The third-order valence-electron chi connectivity index (χ3n) is 2.96. The lowest BCUT2D eigenvalue weighted by molar-refractivity contribution is 0.214. The molecule has 0 saturated heterocycles. The van der Waals surface area contributed by atoms with E-state index in [0.717, 1.165) is 6.26 Å². The van der Waals surface area contributed by atoms with E-state index in [1.165, 1.54) is 6.07 Å². The topological polar surface area (TPSA) is 91.8 Å². The molecule has 1 aromatic rings.